The average molecular weight is 576 g/mol. The van der Waals surface area contributed by atoms with Gasteiger partial charge in [-0.1, -0.05) is 127 Å². The second-order valence-electron chi connectivity index (χ2n) is 11.2. The Hall–Kier alpha value is -6.13. The summed E-state index contributed by atoms with van der Waals surface area (Å²) in [7, 11) is 0. The molecule has 4 nitrogen and oxygen atoms in total. The number of hydrogen-bond donors (Lipinski definition) is 0. The van der Waals surface area contributed by atoms with Crippen molar-refractivity contribution in [1.82, 2.24) is 15.0 Å². The third-order valence-corrected chi connectivity index (χ3v) is 8.53. The van der Waals surface area contributed by atoms with Gasteiger partial charge in [0.05, 0.1) is 0 Å². The fraction of sp³-hybridized carbons (Fsp3) is 0. The van der Waals surface area contributed by atoms with Crippen LogP contribution in [-0.2, 0) is 0 Å². The van der Waals surface area contributed by atoms with Crippen LogP contribution in [0.4, 0.5) is 0 Å². The molecule has 2 aromatic heterocycles. The van der Waals surface area contributed by atoms with Crippen LogP contribution in [0.15, 0.2) is 156 Å². The third-order valence-electron chi connectivity index (χ3n) is 8.53. The zero-order valence-electron chi connectivity index (χ0n) is 24.2. The molecule has 0 N–H and O–H groups in total. The Morgan fingerprint density at radius 1 is 0.378 bits per heavy atom. The molecular weight excluding hydrogens is 550 g/mol. The molecule has 9 rings (SSSR count). The van der Waals surface area contributed by atoms with Gasteiger partial charge < -0.3 is 4.42 Å². The first-order chi connectivity index (χ1) is 22.3. The first-order valence-corrected chi connectivity index (χ1v) is 15.0. The molecule has 0 saturated heterocycles. The smallest absolute Gasteiger partial charge is 0.165 e. The highest BCUT2D eigenvalue weighted by Gasteiger charge is 2.22. The predicted octanol–water partition coefficient (Wildman–Crippen LogP) is 10.7. The van der Waals surface area contributed by atoms with Crippen LogP contribution < -0.4 is 0 Å². The maximum Gasteiger partial charge on any atom is 0.165 e. The molecule has 0 unspecified atom stereocenters. The van der Waals surface area contributed by atoms with E-state index in [2.05, 4.69) is 103 Å². The zero-order valence-corrected chi connectivity index (χ0v) is 24.2. The topological polar surface area (TPSA) is 51.8 Å². The normalized spacial score (nSPS) is 11.6. The van der Waals surface area contributed by atoms with Crippen molar-refractivity contribution in [3.63, 3.8) is 0 Å². The van der Waals surface area contributed by atoms with E-state index in [0.29, 0.717) is 17.5 Å². The van der Waals surface area contributed by atoms with E-state index >= 15 is 0 Å². The second-order valence-corrected chi connectivity index (χ2v) is 11.2. The van der Waals surface area contributed by atoms with Crippen LogP contribution in [0.3, 0.4) is 0 Å². The number of hydrogen-bond acceptors (Lipinski definition) is 4. The lowest BCUT2D eigenvalue weighted by Crippen LogP contribution is -2.02. The molecule has 0 aliphatic carbocycles. The standard InChI is InChI=1S/C41H25N3O/c1-2-13-28(14-3-1)39-42-40(33-19-10-16-27-12-6-7-17-31(27)33)44-41(43-39)38-32(30-22-21-26-11-4-5-15-29(26)25-30)23-24-36-37(38)34-18-8-9-20-35(34)45-36/h1-25H. The molecule has 210 valence electrons. The Morgan fingerprint density at radius 3 is 1.96 bits per heavy atom. The Labute approximate surface area is 259 Å². The molecule has 4 heteroatoms. The summed E-state index contributed by atoms with van der Waals surface area (Å²) < 4.78 is 6.39. The molecule has 0 aliphatic rings. The number of furan rings is 1. The van der Waals surface area contributed by atoms with Crippen LogP contribution in [0.5, 0.6) is 0 Å². The summed E-state index contributed by atoms with van der Waals surface area (Å²) >= 11 is 0. The van der Waals surface area contributed by atoms with Gasteiger partial charge in [-0.3, -0.25) is 0 Å². The van der Waals surface area contributed by atoms with E-state index in [0.717, 1.165) is 60.5 Å². The molecule has 2 heterocycles. The summed E-state index contributed by atoms with van der Waals surface area (Å²) in [6.07, 6.45) is 0. The summed E-state index contributed by atoms with van der Waals surface area (Å²) in [6.45, 7) is 0. The fourth-order valence-corrected chi connectivity index (χ4v) is 6.39. The SMILES string of the molecule is c1ccc(-c2nc(-c3cccc4ccccc34)nc(-c3c(-c4ccc5ccccc5c4)ccc4oc5ccccc5c34)n2)cc1. The van der Waals surface area contributed by atoms with E-state index in [1.807, 2.05) is 48.5 Å². The highest BCUT2D eigenvalue weighted by Crippen LogP contribution is 2.43. The van der Waals surface area contributed by atoms with Crippen molar-refractivity contribution in [3.05, 3.63) is 152 Å². The summed E-state index contributed by atoms with van der Waals surface area (Å²) in [5, 5.41) is 6.62. The van der Waals surface area contributed by atoms with Crippen LogP contribution in [0.1, 0.15) is 0 Å². The minimum Gasteiger partial charge on any atom is -0.456 e. The van der Waals surface area contributed by atoms with Crippen molar-refractivity contribution in [2.45, 2.75) is 0 Å². The van der Waals surface area contributed by atoms with E-state index < -0.39 is 0 Å². The Balaban J connectivity index is 1.40. The average Bonchev–Trinajstić information content (AvgIpc) is 3.50. The molecule has 0 amide bonds. The summed E-state index contributed by atoms with van der Waals surface area (Å²) in [5.41, 5.74) is 6.57. The highest BCUT2D eigenvalue weighted by molar-refractivity contribution is 6.15. The number of para-hydroxylation sites is 1. The van der Waals surface area contributed by atoms with Crippen LogP contribution in [-0.4, -0.2) is 15.0 Å². The van der Waals surface area contributed by atoms with Gasteiger partial charge in [0.25, 0.3) is 0 Å². The fourth-order valence-electron chi connectivity index (χ4n) is 6.39. The molecule has 7 aromatic carbocycles. The first-order valence-electron chi connectivity index (χ1n) is 15.0. The van der Waals surface area contributed by atoms with E-state index in [1.54, 1.807) is 0 Å². The van der Waals surface area contributed by atoms with Crippen LogP contribution >= 0.6 is 0 Å². The number of nitrogens with zero attached hydrogens (tertiary/aromatic N) is 3. The van der Waals surface area contributed by atoms with Crippen LogP contribution in [0.2, 0.25) is 0 Å². The van der Waals surface area contributed by atoms with E-state index in [-0.39, 0.29) is 0 Å². The monoisotopic (exact) mass is 575 g/mol. The number of benzene rings is 7. The van der Waals surface area contributed by atoms with Crippen molar-refractivity contribution in [1.29, 1.82) is 0 Å². The van der Waals surface area contributed by atoms with Crippen molar-refractivity contribution in [2.75, 3.05) is 0 Å². The van der Waals surface area contributed by atoms with Gasteiger partial charge in [-0.05, 0) is 56.9 Å². The maximum absolute atomic E-state index is 6.39. The summed E-state index contributed by atoms with van der Waals surface area (Å²) in [5.74, 6) is 1.86. The van der Waals surface area contributed by atoms with Gasteiger partial charge >= 0.3 is 0 Å². The van der Waals surface area contributed by atoms with Crippen molar-refractivity contribution < 1.29 is 4.42 Å². The van der Waals surface area contributed by atoms with Crippen LogP contribution in [0.25, 0.3) is 88.8 Å². The van der Waals surface area contributed by atoms with Gasteiger partial charge in [-0.15, -0.1) is 0 Å². The van der Waals surface area contributed by atoms with Crippen molar-refractivity contribution >= 4 is 43.5 Å². The molecule has 45 heavy (non-hydrogen) atoms. The maximum atomic E-state index is 6.39. The summed E-state index contributed by atoms with van der Waals surface area (Å²) in [6, 6.07) is 52.2. The second kappa shape index (κ2) is 10.2. The molecule has 9 aromatic rings. The molecule has 0 spiro atoms. The molecule has 0 radical (unpaired) electrons. The number of rotatable bonds is 4. The lowest BCUT2D eigenvalue weighted by Gasteiger charge is -2.14. The first kappa shape index (κ1) is 25.4. The lowest BCUT2D eigenvalue weighted by atomic mass is 9.93. The molecule has 0 aliphatic heterocycles. The van der Waals surface area contributed by atoms with Crippen molar-refractivity contribution in [2.24, 2.45) is 0 Å². The molecule has 0 fully saturated rings. The van der Waals surface area contributed by atoms with E-state index in [4.69, 9.17) is 19.4 Å². The number of fused-ring (bicyclic) bond motifs is 5. The molecule has 0 saturated carbocycles. The largest absolute Gasteiger partial charge is 0.456 e. The van der Waals surface area contributed by atoms with Crippen LogP contribution in [0, 0.1) is 0 Å². The highest BCUT2D eigenvalue weighted by atomic mass is 16.3. The van der Waals surface area contributed by atoms with Gasteiger partial charge in [0, 0.05) is 27.5 Å². The zero-order chi connectivity index (χ0) is 29.7. The van der Waals surface area contributed by atoms with Gasteiger partial charge in [-0.2, -0.15) is 0 Å². The lowest BCUT2D eigenvalue weighted by molar-refractivity contribution is 0.669. The Kier molecular flexibility index (Phi) is 5.78. The molecule has 0 bridgehead atoms. The Bertz CT molecular complexity index is 2540. The summed E-state index contributed by atoms with van der Waals surface area (Å²) in [4.78, 5) is 15.5. The van der Waals surface area contributed by atoms with Crippen molar-refractivity contribution in [3.8, 4) is 45.3 Å². The van der Waals surface area contributed by atoms with E-state index in [1.165, 1.54) is 10.8 Å². The van der Waals surface area contributed by atoms with Gasteiger partial charge in [0.15, 0.2) is 17.5 Å². The Morgan fingerprint density at radius 2 is 1.07 bits per heavy atom. The molecular formula is C41H25N3O. The van der Waals surface area contributed by atoms with Gasteiger partial charge in [0.1, 0.15) is 11.2 Å². The quantitative estimate of drug-likeness (QED) is 0.209. The molecule has 0 atom stereocenters. The number of aromatic nitrogens is 3. The van der Waals surface area contributed by atoms with Gasteiger partial charge in [-0.25, -0.2) is 15.0 Å². The van der Waals surface area contributed by atoms with Gasteiger partial charge in [0.2, 0.25) is 0 Å². The minimum atomic E-state index is 0.604. The predicted molar refractivity (Wildman–Crippen MR) is 184 cm³/mol. The minimum absolute atomic E-state index is 0.604. The van der Waals surface area contributed by atoms with E-state index in [9.17, 15) is 0 Å². The third kappa shape index (κ3) is 4.27.